The van der Waals surface area contributed by atoms with Crippen molar-refractivity contribution in [3.63, 3.8) is 0 Å². The number of phenols is 1. The monoisotopic (exact) mass is 1410 g/mol. The van der Waals surface area contributed by atoms with Crippen molar-refractivity contribution in [2.45, 2.75) is 125 Å². The van der Waals surface area contributed by atoms with Gasteiger partial charge in [-0.3, -0.25) is 38.3 Å². The first-order valence-corrected chi connectivity index (χ1v) is 34.4. The highest BCUT2D eigenvalue weighted by molar-refractivity contribution is 6.35. The van der Waals surface area contributed by atoms with Crippen molar-refractivity contribution in [2.75, 3.05) is 108 Å². The Labute approximate surface area is 590 Å². The second-order valence-corrected chi connectivity index (χ2v) is 29.3. The quantitative estimate of drug-likeness (QED) is 0.0944. The molecule has 4 aliphatic rings. The molecule has 26 heteroatoms. The molecule has 0 radical (unpaired) electrons. The fourth-order valence-electron chi connectivity index (χ4n) is 13.9. The van der Waals surface area contributed by atoms with Crippen LogP contribution in [0.5, 0.6) is 11.5 Å². The fraction of sp³-hybridized carbons (Fsp3) is 0.446. The number of pyridine rings is 6. The number of fused-ring (bicyclic) bond motifs is 10. The summed E-state index contributed by atoms with van der Waals surface area (Å²) in [5, 5.41) is 11.9. The molecule has 0 saturated carbocycles. The second kappa shape index (κ2) is 28.7. The van der Waals surface area contributed by atoms with Gasteiger partial charge in [-0.1, -0.05) is 70.0 Å². The number of aromatic nitrogens is 6. The molecule has 22 nitrogen and oxygen atoms in total. The number of nitrogens with zero attached hydrogens (tertiary/aromatic N) is 13. The molecule has 530 valence electrons. The molecule has 1 N–H and O–H groups in total. The maximum atomic E-state index is 15.9. The SMILES string of the molecule is COCOc1cccc(F)c1-c1nc2c(cc1Cl)c1c(c(=O)n2-c2c(C)ccnc2C(C)C)N(CCN(C)C)C(=O)[C@H]2CN(C(=O)OC(C)(C)C)[C@H](C)CN12.Cc1ccnc(C(C)C)c1-n1c(=O)c2c(c3cc(Cl)c(-c4c(O)cccc4F)nc31)N1C[C@@H](C)CC[C@@H]1C(=O)N2CCN(C)C. The van der Waals surface area contributed by atoms with Crippen LogP contribution in [0.3, 0.4) is 0 Å². The van der Waals surface area contributed by atoms with Crippen molar-refractivity contribution in [1.29, 1.82) is 0 Å². The summed E-state index contributed by atoms with van der Waals surface area (Å²) in [6.07, 6.45) is 4.42. The molecular weight excluding hydrogens is 1320 g/mol. The van der Waals surface area contributed by atoms with E-state index in [1.54, 1.807) is 61.2 Å². The third kappa shape index (κ3) is 13.4. The Morgan fingerprint density at radius 1 is 0.660 bits per heavy atom. The van der Waals surface area contributed by atoms with Crippen LogP contribution in [0.1, 0.15) is 110 Å². The summed E-state index contributed by atoms with van der Waals surface area (Å²) in [4.78, 5) is 105. The molecule has 0 unspecified atom stereocenters. The first kappa shape index (κ1) is 72.4. The molecule has 3 amide bonds. The van der Waals surface area contributed by atoms with Gasteiger partial charge in [-0.25, -0.2) is 23.5 Å². The number of amides is 3. The van der Waals surface area contributed by atoms with Gasteiger partial charge in [0.05, 0.1) is 73.2 Å². The van der Waals surface area contributed by atoms with E-state index in [-0.39, 0.29) is 117 Å². The minimum absolute atomic E-state index is 0.00424. The Hall–Kier alpha value is -8.81. The number of likely N-dealkylation sites (N-methyl/N-ethyl adjacent to an activating group) is 2. The number of piperazine rings is 1. The average molecular weight is 1410 g/mol. The summed E-state index contributed by atoms with van der Waals surface area (Å²) in [7, 11) is 9.09. The van der Waals surface area contributed by atoms with Gasteiger partial charge < -0.3 is 53.6 Å². The molecule has 0 spiro atoms. The van der Waals surface area contributed by atoms with Gasteiger partial charge in [0.15, 0.2) is 18.1 Å². The van der Waals surface area contributed by atoms with E-state index in [9.17, 15) is 19.5 Å². The zero-order valence-electron chi connectivity index (χ0n) is 59.5. The van der Waals surface area contributed by atoms with Crippen molar-refractivity contribution in [3.8, 4) is 45.4 Å². The molecule has 2 aromatic carbocycles. The van der Waals surface area contributed by atoms with Crippen LogP contribution in [-0.4, -0.2) is 178 Å². The van der Waals surface area contributed by atoms with Gasteiger partial charge in [0, 0.05) is 75.6 Å². The highest BCUT2D eigenvalue weighted by atomic mass is 35.5. The number of hydrogen-bond donors (Lipinski definition) is 1. The molecule has 2 saturated heterocycles. The maximum absolute atomic E-state index is 15.9. The number of aromatic hydroxyl groups is 1. The molecule has 0 aliphatic carbocycles. The lowest BCUT2D eigenvalue weighted by atomic mass is 9.90. The van der Waals surface area contributed by atoms with Crippen molar-refractivity contribution in [1.82, 2.24) is 43.8 Å². The van der Waals surface area contributed by atoms with Crippen molar-refractivity contribution in [2.24, 2.45) is 5.92 Å². The lowest BCUT2D eigenvalue weighted by Crippen LogP contribution is -2.67. The van der Waals surface area contributed by atoms with Crippen LogP contribution in [0.4, 0.5) is 36.3 Å². The Kier molecular flexibility index (Phi) is 20.8. The van der Waals surface area contributed by atoms with E-state index in [0.29, 0.717) is 83.4 Å². The summed E-state index contributed by atoms with van der Waals surface area (Å²) >= 11 is 14.0. The third-order valence-electron chi connectivity index (χ3n) is 18.7. The minimum atomic E-state index is -0.859. The van der Waals surface area contributed by atoms with Crippen molar-refractivity contribution < 1.29 is 42.5 Å². The number of piperidine rings is 1. The lowest BCUT2D eigenvalue weighted by Gasteiger charge is -2.50. The number of carbonyl (C=O) groups excluding carboxylic acids is 3. The van der Waals surface area contributed by atoms with Gasteiger partial charge >= 0.3 is 6.09 Å². The number of halogens is 4. The van der Waals surface area contributed by atoms with E-state index >= 15 is 18.4 Å². The van der Waals surface area contributed by atoms with Crippen LogP contribution in [0, 0.1) is 31.4 Å². The van der Waals surface area contributed by atoms with E-state index < -0.39 is 52.6 Å². The molecule has 4 aliphatic heterocycles. The van der Waals surface area contributed by atoms with Crippen LogP contribution >= 0.6 is 23.2 Å². The van der Waals surface area contributed by atoms with E-state index in [1.165, 1.54) is 51.5 Å². The minimum Gasteiger partial charge on any atom is -0.507 e. The summed E-state index contributed by atoms with van der Waals surface area (Å²) in [5.41, 5.74) is 4.07. The Morgan fingerprint density at radius 2 is 1.14 bits per heavy atom. The van der Waals surface area contributed by atoms with Crippen LogP contribution < -0.4 is 35.5 Å². The van der Waals surface area contributed by atoms with E-state index in [1.807, 2.05) is 108 Å². The largest absolute Gasteiger partial charge is 0.507 e. The number of phenolic OH excluding ortho intramolecular Hbond substituents is 1. The Balaban J connectivity index is 0.000000206. The Bertz CT molecular complexity index is 4650. The van der Waals surface area contributed by atoms with E-state index in [2.05, 4.69) is 11.9 Å². The number of methoxy groups -OCH3 is 1. The molecule has 2 fully saturated rings. The molecule has 6 aromatic heterocycles. The van der Waals surface area contributed by atoms with E-state index in [0.717, 1.165) is 17.5 Å². The van der Waals surface area contributed by atoms with E-state index in [4.69, 9.17) is 52.4 Å². The smallest absolute Gasteiger partial charge is 0.410 e. The van der Waals surface area contributed by atoms with Crippen molar-refractivity contribution >= 4 is 85.9 Å². The van der Waals surface area contributed by atoms with Crippen LogP contribution in [-0.2, 0) is 19.1 Å². The molecule has 100 heavy (non-hydrogen) atoms. The first-order valence-electron chi connectivity index (χ1n) is 33.7. The zero-order chi connectivity index (χ0) is 72.4. The number of aryl methyl sites for hydroxylation is 2. The zero-order valence-corrected chi connectivity index (χ0v) is 61.0. The van der Waals surface area contributed by atoms with Gasteiger partial charge in [0.2, 0.25) is 5.91 Å². The number of anilines is 4. The molecule has 8 aromatic rings. The molecule has 10 heterocycles. The molecular formula is C74H87Cl2F2N13O9. The highest BCUT2D eigenvalue weighted by Crippen LogP contribution is 2.49. The fourth-order valence-corrected chi connectivity index (χ4v) is 14.4. The third-order valence-corrected chi connectivity index (χ3v) is 19.2. The predicted molar refractivity (Wildman–Crippen MR) is 388 cm³/mol. The molecule has 12 rings (SSSR count). The number of rotatable bonds is 15. The van der Waals surface area contributed by atoms with Gasteiger partial charge in [-0.2, -0.15) is 0 Å². The van der Waals surface area contributed by atoms with Crippen LogP contribution in [0.25, 0.3) is 56.0 Å². The lowest BCUT2D eigenvalue weighted by molar-refractivity contribution is -0.122. The second-order valence-electron chi connectivity index (χ2n) is 28.5. The number of carbonyl (C=O) groups is 3. The van der Waals surface area contributed by atoms with Crippen molar-refractivity contribution in [3.05, 3.63) is 138 Å². The summed E-state index contributed by atoms with van der Waals surface area (Å²) in [6.45, 7) is 23.3. The molecule has 4 atom stereocenters. The molecule has 0 bridgehead atoms. The van der Waals surface area contributed by atoms with Crippen LogP contribution in [0.2, 0.25) is 10.0 Å². The van der Waals surface area contributed by atoms with Gasteiger partial charge in [-0.05, 0) is 160 Å². The standard InChI is InChI=1S/C40H49ClFN7O6.C34H38ClFN6O3/c1-22(2)31-33(23(3)14-15-43-31)49-36-25(18-26(41)32(44-36)30-27(42)12-11-13-29(30)54-21-53-10)34-35(38(49)51)46(17-16-45(8)9)37(50)28-20-47(24(4)19-48(28)34)39(52)55-40(5,6)7;1-18(2)27-29(20(4)12-13-37-27)42-32-21(16-22(35)28(38-32)26-23(36)8-7-9-25(26)43)30-31(34(42)45)40(15-14-39(5)6)33(44)24-11-10-19(3)17-41(24)30/h11-15,18,22,24,28H,16-17,19-21H2,1-10H3;7-9,12-13,16,18-19,24,43H,10-11,14-15,17H2,1-6H3/t24-,28-;19-,24+/m10/s1. The number of ether oxygens (including phenoxy) is 3. The topological polar surface area (TPSA) is 217 Å². The number of hydrogen-bond acceptors (Lipinski definition) is 17. The first-order chi connectivity index (χ1) is 47.3. The highest BCUT2D eigenvalue weighted by Gasteiger charge is 2.49. The summed E-state index contributed by atoms with van der Waals surface area (Å²) in [6, 6.07) is 13.7. The van der Waals surface area contributed by atoms with Gasteiger partial charge in [-0.15, -0.1) is 0 Å². The van der Waals surface area contributed by atoms with Gasteiger partial charge in [0.25, 0.3) is 17.0 Å². The van der Waals surface area contributed by atoms with Crippen LogP contribution in [0.15, 0.2) is 82.6 Å². The normalized spacial score (nSPS) is 17.7. The predicted octanol–water partition coefficient (Wildman–Crippen LogP) is 12.3. The summed E-state index contributed by atoms with van der Waals surface area (Å²) in [5.74, 6) is -1.80. The Morgan fingerprint density at radius 3 is 1.62 bits per heavy atom. The average Bonchev–Trinajstić information content (AvgIpc) is 0.710. The number of benzene rings is 2. The summed E-state index contributed by atoms with van der Waals surface area (Å²) < 4.78 is 50.7. The van der Waals surface area contributed by atoms with Gasteiger partial charge in [0.1, 0.15) is 52.2 Å². The maximum Gasteiger partial charge on any atom is 0.410 e.